The van der Waals surface area contributed by atoms with Crippen LogP contribution in [0.2, 0.25) is 0 Å². The maximum Gasteiger partial charge on any atom is 0.264 e. The van der Waals surface area contributed by atoms with Crippen molar-refractivity contribution in [3.63, 3.8) is 0 Å². The Kier molecular flexibility index (Phi) is 3.99. The van der Waals surface area contributed by atoms with Gasteiger partial charge in [0.2, 0.25) is 0 Å². The molecule has 19 heavy (non-hydrogen) atoms. The van der Waals surface area contributed by atoms with Gasteiger partial charge >= 0.3 is 0 Å². The number of hydrogen-bond acceptors (Lipinski definition) is 2. The van der Waals surface area contributed by atoms with E-state index in [9.17, 15) is 8.42 Å². The standard InChI is InChI=1S/C15H21NO2S/c1-12(2)15-6-4-5-11-16(15)19(17,18)14-9-7-13(3)8-10-14/h5,7-12,15H,4,6H2,1-3H3. The molecule has 0 aromatic heterocycles. The van der Waals surface area contributed by atoms with E-state index in [4.69, 9.17) is 0 Å². The van der Waals surface area contributed by atoms with Crippen LogP contribution in [-0.4, -0.2) is 18.8 Å². The summed E-state index contributed by atoms with van der Waals surface area (Å²) >= 11 is 0. The fourth-order valence-corrected chi connectivity index (χ4v) is 4.08. The van der Waals surface area contributed by atoms with Gasteiger partial charge in [-0.05, 0) is 37.8 Å². The van der Waals surface area contributed by atoms with Gasteiger partial charge in [0.05, 0.1) is 4.90 Å². The molecule has 1 aliphatic heterocycles. The normalized spacial score (nSPS) is 20.0. The van der Waals surface area contributed by atoms with Crippen LogP contribution in [0, 0.1) is 12.8 Å². The summed E-state index contributed by atoms with van der Waals surface area (Å²) < 4.78 is 26.9. The van der Waals surface area contributed by atoms with Crippen LogP contribution in [0.3, 0.4) is 0 Å². The molecular formula is C15H21NO2S. The van der Waals surface area contributed by atoms with Gasteiger partial charge in [0.25, 0.3) is 10.0 Å². The number of nitrogens with zero attached hydrogens (tertiary/aromatic N) is 1. The van der Waals surface area contributed by atoms with Crippen molar-refractivity contribution in [1.29, 1.82) is 0 Å². The van der Waals surface area contributed by atoms with Gasteiger partial charge in [-0.2, -0.15) is 0 Å². The molecule has 1 atom stereocenters. The average molecular weight is 279 g/mol. The number of benzene rings is 1. The van der Waals surface area contributed by atoms with E-state index in [1.165, 1.54) is 4.31 Å². The van der Waals surface area contributed by atoms with Crippen molar-refractivity contribution < 1.29 is 8.42 Å². The van der Waals surface area contributed by atoms with Gasteiger partial charge in [-0.25, -0.2) is 8.42 Å². The van der Waals surface area contributed by atoms with Gasteiger partial charge in [-0.3, -0.25) is 4.31 Å². The minimum atomic E-state index is -3.43. The summed E-state index contributed by atoms with van der Waals surface area (Å²) in [5.41, 5.74) is 1.06. The summed E-state index contributed by atoms with van der Waals surface area (Å²) in [6, 6.07) is 7.10. The molecule has 1 aliphatic rings. The lowest BCUT2D eigenvalue weighted by Gasteiger charge is -2.35. The molecule has 3 nitrogen and oxygen atoms in total. The van der Waals surface area contributed by atoms with Crippen LogP contribution in [0.5, 0.6) is 0 Å². The Morgan fingerprint density at radius 1 is 1.21 bits per heavy atom. The highest BCUT2D eigenvalue weighted by Gasteiger charge is 2.31. The Balaban J connectivity index is 2.40. The van der Waals surface area contributed by atoms with Crippen LogP contribution >= 0.6 is 0 Å². The molecule has 1 unspecified atom stereocenters. The summed E-state index contributed by atoms with van der Waals surface area (Å²) in [5.74, 6) is 0.310. The molecule has 0 amide bonds. The molecule has 0 N–H and O–H groups in total. The number of allylic oxidation sites excluding steroid dienone is 1. The number of hydrogen-bond donors (Lipinski definition) is 0. The quantitative estimate of drug-likeness (QED) is 0.851. The molecular weight excluding hydrogens is 258 g/mol. The zero-order valence-corrected chi connectivity index (χ0v) is 12.5. The van der Waals surface area contributed by atoms with Crippen molar-refractivity contribution >= 4 is 10.0 Å². The van der Waals surface area contributed by atoms with Gasteiger partial charge in [0.15, 0.2) is 0 Å². The lowest BCUT2D eigenvalue weighted by Crippen LogP contribution is -2.41. The van der Waals surface area contributed by atoms with Crippen LogP contribution in [0.25, 0.3) is 0 Å². The summed E-state index contributed by atoms with van der Waals surface area (Å²) in [5, 5.41) is 0. The predicted octanol–water partition coefficient (Wildman–Crippen LogP) is 3.32. The van der Waals surface area contributed by atoms with Crippen molar-refractivity contribution in [2.45, 2.75) is 44.6 Å². The Morgan fingerprint density at radius 2 is 1.84 bits per heavy atom. The monoisotopic (exact) mass is 279 g/mol. The highest BCUT2D eigenvalue weighted by molar-refractivity contribution is 7.89. The van der Waals surface area contributed by atoms with E-state index in [1.54, 1.807) is 18.3 Å². The van der Waals surface area contributed by atoms with Gasteiger partial charge in [-0.15, -0.1) is 0 Å². The van der Waals surface area contributed by atoms with Crippen LogP contribution in [0.15, 0.2) is 41.4 Å². The van der Waals surface area contributed by atoms with Crippen molar-refractivity contribution in [2.24, 2.45) is 5.92 Å². The maximum absolute atomic E-state index is 12.7. The van der Waals surface area contributed by atoms with Crippen LogP contribution in [-0.2, 0) is 10.0 Å². The largest absolute Gasteiger partial charge is 0.270 e. The summed E-state index contributed by atoms with van der Waals surface area (Å²) in [6.45, 7) is 6.09. The first-order valence-electron chi connectivity index (χ1n) is 6.70. The second kappa shape index (κ2) is 5.37. The Morgan fingerprint density at radius 3 is 2.42 bits per heavy atom. The predicted molar refractivity (Wildman–Crippen MR) is 77.2 cm³/mol. The van der Waals surface area contributed by atoms with Crippen LogP contribution < -0.4 is 0 Å². The Hall–Kier alpha value is -1.29. The van der Waals surface area contributed by atoms with Crippen LogP contribution in [0.4, 0.5) is 0 Å². The Labute approximate surface area is 116 Å². The second-order valence-electron chi connectivity index (χ2n) is 5.42. The van der Waals surface area contributed by atoms with E-state index in [0.717, 1.165) is 18.4 Å². The zero-order chi connectivity index (χ0) is 14.0. The fourth-order valence-electron chi connectivity index (χ4n) is 2.40. The van der Waals surface area contributed by atoms with Gasteiger partial charge in [-0.1, -0.05) is 37.6 Å². The van der Waals surface area contributed by atoms with Gasteiger partial charge in [0, 0.05) is 12.2 Å². The molecule has 0 radical (unpaired) electrons. The topological polar surface area (TPSA) is 37.4 Å². The molecule has 0 bridgehead atoms. The van der Waals surface area contributed by atoms with Gasteiger partial charge < -0.3 is 0 Å². The molecule has 1 heterocycles. The number of aryl methyl sites for hydroxylation is 1. The molecule has 0 aliphatic carbocycles. The minimum Gasteiger partial charge on any atom is -0.270 e. The molecule has 1 aromatic carbocycles. The van der Waals surface area contributed by atoms with Crippen molar-refractivity contribution in [2.75, 3.05) is 0 Å². The number of rotatable bonds is 3. The van der Waals surface area contributed by atoms with Gasteiger partial charge in [0.1, 0.15) is 0 Å². The van der Waals surface area contributed by atoms with E-state index in [0.29, 0.717) is 10.8 Å². The molecule has 104 valence electrons. The van der Waals surface area contributed by atoms with Crippen molar-refractivity contribution in [3.8, 4) is 0 Å². The average Bonchev–Trinajstić information content (AvgIpc) is 2.39. The molecule has 4 heteroatoms. The molecule has 0 spiro atoms. The zero-order valence-electron chi connectivity index (χ0n) is 11.7. The van der Waals surface area contributed by atoms with Crippen molar-refractivity contribution in [3.05, 3.63) is 42.1 Å². The molecule has 1 aromatic rings. The first kappa shape index (κ1) is 14.1. The molecule has 0 saturated carbocycles. The third-order valence-electron chi connectivity index (χ3n) is 3.57. The summed E-state index contributed by atoms with van der Waals surface area (Å²) in [4.78, 5) is 0.371. The van der Waals surface area contributed by atoms with E-state index >= 15 is 0 Å². The Bertz CT molecular complexity index is 558. The molecule has 2 rings (SSSR count). The minimum absolute atomic E-state index is 0.0521. The fraction of sp³-hybridized carbons (Fsp3) is 0.467. The summed E-state index contributed by atoms with van der Waals surface area (Å²) in [6.07, 6.45) is 5.50. The third-order valence-corrected chi connectivity index (χ3v) is 5.39. The molecule has 0 fully saturated rings. The lowest BCUT2D eigenvalue weighted by atomic mass is 9.98. The summed E-state index contributed by atoms with van der Waals surface area (Å²) in [7, 11) is -3.43. The lowest BCUT2D eigenvalue weighted by molar-refractivity contribution is 0.289. The van der Waals surface area contributed by atoms with Crippen LogP contribution in [0.1, 0.15) is 32.3 Å². The van der Waals surface area contributed by atoms with Crippen molar-refractivity contribution in [1.82, 2.24) is 4.31 Å². The molecule has 0 saturated heterocycles. The van der Waals surface area contributed by atoms with E-state index in [2.05, 4.69) is 13.8 Å². The van der Waals surface area contributed by atoms with E-state index in [-0.39, 0.29) is 6.04 Å². The highest BCUT2D eigenvalue weighted by Crippen LogP contribution is 2.28. The highest BCUT2D eigenvalue weighted by atomic mass is 32.2. The maximum atomic E-state index is 12.7. The van der Waals surface area contributed by atoms with E-state index < -0.39 is 10.0 Å². The number of sulfonamides is 1. The van der Waals surface area contributed by atoms with E-state index in [1.807, 2.05) is 25.1 Å². The SMILES string of the molecule is Cc1ccc(S(=O)(=O)N2C=CCCC2C(C)C)cc1. The first-order chi connectivity index (χ1) is 8.93. The first-order valence-corrected chi connectivity index (χ1v) is 8.14. The third kappa shape index (κ3) is 2.84. The smallest absolute Gasteiger partial charge is 0.264 e. The second-order valence-corrected chi connectivity index (χ2v) is 7.26.